The largest absolute Gasteiger partial charge is 0.493 e. The third-order valence-electron chi connectivity index (χ3n) is 4.07. The van der Waals surface area contributed by atoms with Crippen LogP contribution in [0.1, 0.15) is 23.6 Å². The molecule has 0 saturated heterocycles. The van der Waals surface area contributed by atoms with E-state index in [9.17, 15) is 0 Å². The van der Waals surface area contributed by atoms with Crippen LogP contribution in [0.5, 0.6) is 17.2 Å². The van der Waals surface area contributed by atoms with Gasteiger partial charge >= 0.3 is 0 Å². The SMILES string of the molecule is CCNC(=NCc1cc(OC)c(OC)c(OC)c1)NCc1ccc(C)cc1.I. The van der Waals surface area contributed by atoms with Gasteiger partial charge in [-0.15, -0.1) is 24.0 Å². The number of guanidine groups is 1. The molecule has 0 fully saturated rings. The van der Waals surface area contributed by atoms with E-state index in [4.69, 9.17) is 14.2 Å². The molecule has 2 rings (SSSR count). The zero-order valence-electron chi connectivity index (χ0n) is 17.2. The van der Waals surface area contributed by atoms with Crippen molar-refractivity contribution in [3.05, 3.63) is 53.1 Å². The average Bonchev–Trinajstić information content (AvgIpc) is 2.70. The lowest BCUT2D eigenvalue weighted by Gasteiger charge is -2.14. The minimum absolute atomic E-state index is 0. The fourth-order valence-corrected chi connectivity index (χ4v) is 2.63. The predicted molar refractivity (Wildman–Crippen MR) is 124 cm³/mol. The minimum Gasteiger partial charge on any atom is -0.493 e. The van der Waals surface area contributed by atoms with Crippen LogP contribution in [0.2, 0.25) is 0 Å². The third-order valence-corrected chi connectivity index (χ3v) is 4.07. The van der Waals surface area contributed by atoms with E-state index in [0.29, 0.717) is 30.3 Å². The number of aryl methyl sites for hydroxylation is 1. The number of ether oxygens (including phenoxy) is 3. The molecular formula is C21H30IN3O3. The molecule has 0 aliphatic rings. The summed E-state index contributed by atoms with van der Waals surface area (Å²) < 4.78 is 16.2. The Morgan fingerprint density at radius 2 is 1.50 bits per heavy atom. The Morgan fingerprint density at radius 1 is 0.893 bits per heavy atom. The Labute approximate surface area is 184 Å². The minimum atomic E-state index is 0. The number of hydrogen-bond acceptors (Lipinski definition) is 4. The van der Waals surface area contributed by atoms with Gasteiger partial charge in [0.1, 0.15) is 0 Å². The van der Waals surface area contributed by atoms with E-state index >= 15 is 0 Å². The van der Waals surface area contributed by atoms with Crippen molar-refractivity contribution < 1.29 is 14.2 Å². The molecule has 0 bridgehead atoms. The summed E-state index contributed by atoms with van der Waals surface area (Å²) in [5, 5.41) is 6.62. The summed E-state index contributed by atoms with van der Waals surface area (Å²) in [5.41, 5.74) is 3.43. The summed E-state index contributed by atoms with van der Waals surface area (Å²) in [7, 11) is 4.81. The number of rotatable bonds is 8. The van der Waals surface area contributed by atoms with Crippen molar-refractivity contribution in [1.29, 1.82) is 0 Å². The summed E-state index contributed by atoms with van der Waals surface area (Å²) in [4.78, 5) is 4.67. The Morgan fingerprint density at radius 3 is 2.00 bits per heavy atom. The van der Waals surface area contributed by atoms with Crippen LogP contribution in [0.25, 0.3) is 0 Å². The second-order valence-corrected chi connectivity index (χ2v) is 6.07. The van der Waals surface area contributed by atoms with E-state index in [0.717, 1.165) is 18.1 Å². The Bertz CT molecular complexity index is 739. The number of hydrogen-bond donors (Lipinski definition) is 2. The zero-order valence-corrected chi connectivity index (χ0v) is 19.5. The maximum absolute atomic E-state index is 5.40. The maximum Gasteiger partial charge on any atom is 0.203 e. The summed E-state index contributed by atoms with van der Waals surface area (Å²) in [6, 6.07) is 12.3. The summed E-state index contributed by atoms with van der Waals surface area (Å²) in [6.45, 7) is 6.11. The molecule has 0 spiro atoms. The van der Waals surface area contributed by atoms with E-state index in [-0.39, 0.29) is 24.0 Å². The molecule has 154 valence electrons. The second kappa shape index (κ2) is 12.3. The summed E-state index contributed by atoms with van der Waals surface area (Å²) >= 11 is 0. The molecule has 0 amide bonds. The van der Waals surface area contributed by atoms with Crippen LogP contribution in [-0.2, 0) is 13.1 Å². The number of nitrogens with zero attached hydrogens (tertiary/aromatic N) is 1. The highest BCUT2D eigenvalue weighted by Crippen LogP contribution is 2.38. The normalized spacial score (nSPS) is 10.7. The molecule has 2 aromatic carbocycles. The van der Waals surface area contributed by atoms with Crippen LogP contribution in [0.15, 0.2) is 41.4 Å². The Hall–Kier alpha value is -2.16. The zero-order chi connectivity index (χ0) is 19.6. The van der Waals surface area contributed by atoms with Crippen molar-refractivity contribution in [2.24, 2.45) is 4.99 Å². The number of methoxy groups -OCH3 is 3. The highest BCUT2D eigenvalue weighted by Gasteiger charge is 2.13. The molecule has 0 aliphatic heterocycles. The standard InChI is InChI=1S/C21H29N3O3.HI/c1-6-22-21(23-13-16-9-7-15(2)8-10-16)24-14-17-11-18(25-3)20(27-5)19(12-17)26-4;/h7-12H,6,13-14H2,1-5H3,(H2,22,23,24);1H. The van der Waals surface area contributed by atoms with Crippen LogP contribution >= 0.6 is 24.0 Å². The monoisotopic (exact) mass is 499 g/mol. The van der Waals surface area contributed by atoms with Crippen LogP contribution in [0.3, 0.4) is 0 Å². The molecule has 7 heteroatoms. The van der Waals surface area contributed by atoms with Crippen molar-refractivity contribution >= 4 is 29.9 Å². The quantitative estimate of drug-likeness (QED) is 0.328. The van der Waals surface area contributed by atoms with Gasteiger partial charge in [-0.2, -0.15) is 0 Å². The molecule has 2 aromatic rings. The van der Waals surface area contributed by atoms with Crippen LogP contribution < -0.4 is 24.8 Å². The van der Waals surface area contributed by atoms with Gasteiger partial charge in [-0.05, 0) is 37.1 Å². The first-order valence-electron chi connectivity index (χ1n) is 8.97. The first-order chi connectivity index (χ1) is 13.1. The van der Waals surface area contributed by atoms with Gasteiger partial charge in [-0.3, -0.25) is 0 Å². The van der Waals surface area contributed by atoms with Crippen molar-refractivity contribution in [2.45, 2.75) is 26.9 Å². The number of halogens is 1. The van der Waals surface area contributed by atoms with E-state index in [1.54, 1.807) is 21.3 Å². The molecule has 0 unspecified atom stereocenters. The highest BCUT2D eigenvalue weighted by molar-refractivity contribution is 14.0. The molecule has 0 atom stereocenters. The number of benzene rings is 2. The second-order valence-electron chi connectivity index (χ2n) is 6.07. The molecule has 0 radical (unpaired) electrons. The van der Waals surface area contributed by atoms with Gasteiger partial charge in [0, 0.05) is 13.1 Å². The van der Waals surface area contributed by atoms with E-state index < -0.39 is 0 Å². The van der Waals surface area contributed by atoms with Gasteiger partial charge < -0.3 is 24.8 Å². The third kappa shape index (κ3) is 6.78. The lowest BCUT2D eigenvalue weighted by atomic mass is 10.1. The van der Waals surface area contributed by atoms with Crippen LogP contribution in [-0.4, -0.2) is 33.8 Å². The summed E-state index contributed by atoms with van der Waals surface area (Å²) in [5.74, 6) is 2.59. The molecule has 28 heavy (non-hydrogen) atoms. The van der Waals surface area contributed by atoms with Crippen LogP contribution in [0.4, 0.5) is 0 Å². The summed E-state index contributed by atoms with van der Waals surface area (Å²) in [6.07, 6.45) is 0. The van der Waals surface area contributed by atoms with Gasteiger partial charge in [0.05, 0.1) is 27.9 Å². The number of aliphatic imine (C=N–C) groups is 1. The van der Waals surface area contributed by atoms with Crippen molar-refractivity contribution in [3.63, 3.8) is 0 Å². The van der Waals surface area contributed by atoms with Gasteiger partial charge in [0.15, 0.2) is 17.5 Å². The van der Waals surface area contributed by atoms with Crippen LogP contribution in [0, 0.1) is 6.92 Å². The van der Waals surface area contributed by atoms with Crippen molar-refractivity contribution in [1.82, 2.24) is 10.6 Å². The Kier molecular flexibility index (Phi) is 10.5. The van der Waals surface area contributed by atoms with Crippen molar-refractivity contribution in [2.75, 3.05) is 27.9 Å². The molecule has 0 saturated carbocycles. The lowest BCUT2D eigenvalue weighted by molar-refractivity contribution is 0.324. The number of nitrogens with one attached hydrogen (secondary N) is 2. The molecule has 0 aliphatic carbocycles. The lowest BCUT2D eigenvalue weighted by Crippen LogP contribution is -2.36. The first-order valence-corrected chi connectivity index (χ1v) is 8.97. The van der Waals surface area contributed by atoms with E-state index in [1.807, 2.05) is 19.1 Å². The molecule has 0 heterocycles. The fourth-order valence-electron chi connectivity index (χ4n) is 2.63. The predicted octanol–water partition coefficient (Wildman–Crippen LogP) is 3.89. The van der Waals surface area contributed by atoms with E-state index in [1.165, 1.54) is 11.1 Å². The smallest absolute Gasteiger partial charge is 0.203 e. The van der Waals surface area contributed by atoms with Crippen molar-refractivity contribution in [3.8, 4) is 17.2 Å². The van der Waals surface area contributed by atoms with Gasteiger partial charge in [0.25, 0.3) is 0 Å². The topological polar surface area (TPSA) is 64.1 Å². The molecule has 0 aromatic heterocycles. The van der Waals surface area contributed by atoms with Gasteiger partial charge in [0.2, 0.25) is 5.75 Å². The van der Waals surface area contributed by atoms with Gasteiger partial charge in [-0.1, -0.05) is 29.8 Å². The molecular weight excluding hydrogens is 469 g/mol. The van der Waals surface area contributed by atoms with E-state index in [2.05, 4.69) is 46.8 Å². The first kappa shape index (κ1) is 23.9. The average molecular weight is 499 g/mol. The highest BCUT2D eigenvalue weighted by atomic mass is 127. The molecule has 6 nitrogen and oxygen atoms in total. The maximum atomic E-state index is 5.40. The Balaban J connectivity index is 0.00000392. The van der Waals surface area contributed by atoms with Gasteiger partial charge in [-0.25, -0.2) is 4.99 Å². The molecule has 2 N–H and O–H groups in total. The fraction of sp³-hybridized carbons (Fsp3) is 0.381.